The van der Waals surface area contributed by atoms with Gasteiger partial charge in [-0.1, -0.05) is 33.6 Å². The maximum atomic E-state index is 5.24. The Kier molecular flexibility index (Phi) is 5.21. The van der Waals surface area contributed by atoms with E-state index in [9.17, 15) is 0 Å². The number of ether oxygens (including phenoxy) is 1. The smallest absolute Gasteiger partial charge is 0.113 e. The topological polar surface area (TPSA) is 34.1 Å². The van der Waals surface area contributed by atoms with Gasteiger partial charge in [-0.05, 0) is 24.2 Å². The number of hydrogen-bond donors (Lipinski definition) is 1. The fourth-order valence-electron chi connectivity index (χ4n) is 3.71. The molecule has 0 aliphatic heterocycles. The molecule has 0 bridgehead atoms. The van der Waals surface area contributed by atoms with Crippen LogP contribution in [0, 0.1) is 11.3 Å². The maximum Gasteiger partial charge on any atom is 0.113 e. The monoisotopic (exact) mass is 296 g/mol. The van der Waals surface area contributed by atoms with Crippen LogP contribution in [-0.2, 0) is 10.3 Å². The highest BCUT2D eigenvalue weighted by Gasteiger charge is 2.48. The summed E-state index contributed by atoms with van der Waals surface area (Å²) in [5.41, 5.74) is 0.315. The number of thiazole rings is 1. The first-order valence-corrected chi connectivity index (χ1v) is 8.52. The summed E-state index contributed by atoms with van der Waals surface area (Å²) in [5, 5.41) is 7.18. The Hall–Kier alpha value is -0.450. The molecule has 114 valence electrons. The summed E-state index contributed by atoms with van der Waals surface area (Å²) in [6, 6.07) is 0. The first-order valence-electron chi connectivity index (χ1n) is 7.64. The van der Waals surface area contributed by atoms with Gasteiger partial charge in [0.2, 0.25) is 0 Å². The van der Waals surface area contributed by atoms with Gasteiger partial charge in [0.25, 0.3) is 0 Å². The normalized spacial score (nSPS) is 27.7. The minimum atomic E-state index is 0.0309. The molecule has 1 fully saturated rings. The van der Waals surface area contributed by atoms with Crippen molar-refractivity contribution in [3.05, 3.63) is 16.6 Å². The molecule has 20 heavy (non-hydrogen) atoms. The van der Waals surface area contributed by atoms with Crippen LogP contribution >= 0.6 is 11.3 Å². The minimum absolute atomic E-state index is 0.0309. The largest absolute Gasteiger partial charge is 0.383 e. The number of methoxy groups -OCH3 is 1. The summed E-state index contributed by atoms with van der Waals surface area (Å²) in [6.07, 6.45) is 7.02. The van der Waals surface area contributed by atoms with E-state index >= 15 is 0 Å². The van der Waals surface area contributed by atoms with Gasteiger partial charge in [-0.15, -0.1) is 11.3 Å². The maximum absolute atomic E-state index is 5.24. The summed E-state index contributed by atoms with van der Waals surface area (Å²) in [7, 11) is 1.76. The number of rotatable bonds is 5. The molecule has 1 aliphatic rings. The lowest BCUT2D eigenvalue weighted by Gasteiger charge is -2.49. The Bertz CT molecular complexity index is 399. The Morgan fingerprint density at radius 1 is 1.45 bits per heavy atom. The van der Waals surface area contributed by atoms with Crippen molar-refractivity contribution in [1.29, 1.82) is 0 Å². The van der Waals surface area contributed by atoms with Crippen LogP contribution in [0.25, 0.3) is 0 Å². The molecular formula is C16H28N2OS. The standard InChI is InChI=1S/C16H28N2OS/c1-15(2,3)13-7-5-6-8-16(13,18-9-11-19-4)14-17-10-12-20-14/h10,12-13,18H,5-9,11H2,1-4H3. The van der Waals surface area contributed by atoms with E-state index in [0.717, 1.165) is 13.2 Å². The van der Waals surface area contributed by atoms with Crippen LogP contribution < -0.4 is 5.32 Å². The molecule has 0 spiro atoms. The van der Waals surface area contributed by atoms with Gasteiger partial charge >= 0.3 is 0 Å². The van der Waals surface area contributed by atoms with Crippen LogP contribution in [0.3, 0.4) is 0 Å². The van der Waals surface area contributed by atoms with Crippen LogP contribution in [-0.4, -0.2) is 25.2 Å². The van der Waals surface area contributed by atoms with Crippen LogP contribution in [0.1, 0.15) is 51.5 Å². The van der Waals surface area contributed by atoms with Gasteiger partial charge in [-0.3, -0.25) is 0 Å². The van der Waals surface area contributed by atoms with Crippen molar-refractivity contribution < 1.29 is 4.74 Å². The fraction of sp³-hybridized carbons (Fsp3) is 0.812. The average molecular weight is 296 g/mol. The summed E-state index contributed by atoms with van der Waals surface area (Å²) in [5.74, 6) is 0.617. The van der Waals surface area contributed by atoms with Gasteiger partial charge in [-0.25, -0.2) is 4.98 Å². The van der Waals surface area contributed by atoms with E-state index in [2.05, 4.69) is 36.5 Å². The Morgan fingerprint density at radius 2 is 2.25 bits per heavy atom. The van der Waals surface area contributed by atoms with Gasteiger partial charge in [0, 0.05) is 25.2 Å². The summed E-state index contributed by atoms with van der Waals surface area (Å²) in [6.45, 7) is 8.74. The minimum Gasteiger partial charge on any atom is -0.383 e. The second kappa shape index (κ2) is 6.54. The molecule has 2 rings (SSSR count). The third-order valence-corrected chi connectivity index (χ3v) is 5.47. The van der Waals surface area contributed by atoms with E-state index in [-0.39, 0.29) is 11.0 Å². The first-order chi connectivity index (χ1) is 9.50. The SMILES string of the molecule is COCCNC1(c2nccs2)CCCCC1C(C)(C)C. The highest BCUT2D eigenvalue weighted by atomic mass is 32.1. The van der Waals surface area contributed by atoms with Gasteiger partial charge < -0.3 is 10.1 Å². The molecule has 3 nitrogen and oxygen atoms in total. The van der Waals surface area contributed by atoms with E-state index in [1.165, 1.54) is 30.7 Å². The van der Waals surface area contributed by atoms with Gasteiger partial charge in [-0.2, -0.15) is 0 Å². The van der Waals surface area contributed by atoms with Crippen LogP contribution in [0.15, 0.2) is 11.6 Å². The second-order valence-corrected chi connectivity index (χ2v) is 7.79. The number of nitrogens with one attached hydrogen (secondary N) is 1. The van der Waals surface area contributed by atoms with Crippen molar-refractivity contribution in [1.82, 2.24) is 10.3 Å². The molecule has 0 radical (unpaired) electrons. The predicted molar refractivity (Wildman–Crippen MR) is 85.1 cm³/mol. The highest BCUT2D eigenvalue weighted by molar-refractivity contribution is 7.09. The molecule has 2 unspecified atom stereocenters. The highest BCUT2D eigenvalue weighted by Crippen LogP contribution is 2.50. The zero-order valence-corrected chi connectivity index (χ0v) is 14.1. The number of aromatic nitrogens is 1. The lowest BCUT2D eigenvalue weighted by Crippen LogP contribution is -2.55. The molecule has 1 saturated carbocycles. The lowest BCUT2D eigenvalue weighted by molar-refractivity contribution is 0.0418. The molecule has 1 aromatic heterocycles. The molecule has 0 saturated heterocycles. The fourth-order valence-corrected chi connectivity index (χ4v) is 4.61. The second-order valence-electron chi connectivity index (χ2n) is 6.89. The van der Waals surface area contributed by atoms with E-state index in [4.69, 9.17) is 4.74 Å². The first kappa shape index (κ1) is 15.9. The molecule has 0 aromatic carbocycles. The van der Waals surface area contributed by atoms with E-state index < -0.39 is 0 Å². The van der Waals surface area contributed by atoms with E-state index in [1.54, 1.807) is 18.4 Å². The van der Waals surface area contributed by atoms with Gasteiger partial charge in [0.15, 0.2) is 0 Å². The van der Waals surface area contributed by atoms with Gasteiger partial charge in [0.05, 0.1) is 12.1 Å². The van der Waals surface area contributed by atoms with E-state index in [0.29, 0.717) is 5.92 Å². The Labute approximate surface area is 127 Å². The molecule has 2 atom stereocenters. The molecule has 1 heterocycles. The summed E-state index contributed by atoms with van der Waals surface area (Å²) < 4.78 is 5.24. The molecule has 0 amide bonds. The average Bonchev–Trinajstić information content (AvgIpc) is 2.92. The predicted octanol–water partition coefficient (Wildman–Crippen LogP) is 3.81. The zero-order chi connectivity index (χ0) is 14.6. The summed E-state index contributed by atoms with van der Waals surface area (Å²) in [4.78, 5) is 4.67. The summed E-state index contributed by atoms with van der Waals surface area (Å²) >= 11 is 1.79. The van der Waals surface area contributed by atoms with Crippen LogP contribution in [0.5, 0.6) is 0 Å². The Morgan fingerprint density at radius 3 is 2.85 bits per heavy atom. The van der Waals surface area contributed by atoms with Crippen LogP contribution in [0.2, 0.25) is 0 Å². The van der Waals surface area contributed by atoms with Crippen molar-refractivity contribution in [2.45, 2.75) is 52.0 Å². The van der Waals surface area contributed by atoms with Crippen molar-refractivity contribution in [2.75, 3.05) is 20.3 Å². The lowest BCUT2D eigenvalue weighted by atomic mass is 9.62. The molecular weight excluding hydrogens is 268 g/mol. The Balaban J connectivity index is 2.32. The quantitative estimate of drug-likeness (QED) is 0.839. The van der Waals surface area contributed by atoms with Crippen molar-refractivity contribution in [3.8, 4) is 0 Å². The number of nitrogens with zero attached hydrogens (tertiary/aromatic N) is 1. The zero-order valence-electron chi connectivity index (χ0n) is 13.2. The van der Waals surface area contributed by atoms with Gasteiger partial charge in [0.1, 0.15) is 5.01 Å². The molecule has 1 N–H and O–H groups in total. The molecule has 1 aromatic rings. The van der Waals surface area contributed by atoms with E-state index in [1.807, 2.05) is 6.20 Å². The van der Waals surface area contributed by atoms with Crippen molar-refractivity contribution >= 4 is 11.3 Å². The third-order valence-electron chi connectivity index (χ3n) is 4.51. The number of hydrogen-bond acceptors (Lipinski definition) is 4. The molecule has 4 heteroatoms. The van der Waals surface area contributed by atoms with Crippen molar-refractivity contribution in [3.63, 3.8) is 0 Å². The molecule has 1 aliphatic carbocycles. The van der Waals surface area contributed by atoms with Crippen LogP contribution in [0.4, 0.5) is 0 Å². The van der Waals surface area contributed by atoms with Crippen molar-refractivity contribution in [2.24, 2.45) is 11.3 Å². The third kappa shape index (κ3) is 3.23.